The van der Waals surface area contributed by atoms with Gasteiger partial charge < -0.3 is 10.2 Å². The molecule has 0 amide bonds. The van der Waals surface area contributed by atoms with Crippen LogP contribution >= 0.6 is 0 Å². The van der Waals surface area contributed by atoms with Gasteiger partial charge in [0.25, 0.3) is 0 Å². The predicted octanol–water partition coefficient (Wildman–Crippen LogP) is 11.4. The average Bonchev–Trinajstić information content (AvgIpc) is 3.04. The van der Waals surface area contributed by atoms with Crippen LogP contribution in [0, 0.1) is 0 Å². The minimum Gasteiger partial charge on any atom is -0.507 e. The third kappa shape index (κ3) is 8.51. The first-order valence-electron chi connectivity index (χ1n) is 16.9. The van der Waals surface area contributed by atoms with E-state index in [9.17, 15) is 10.2 Å². The van der Waals surface area contributed by atoms with Crippen molar-refractivity contribution in [3.8, 4) is 22.6 Å². The van der Waals surface area contributed by atoms with Crippen molar-refractivity contribution in [1.29, 1.82) is 0 Å². The lowest BCUT2D eigenvalue weighted by Gasteiger charge is -2.16. The summed E-state index contributed by atoms with van der Waals surface area (Å²) in [5.41, 5.74) is 8.14. The van der Waals surface area contributed by atoms with Gasteiger partial charge >= 0.3 is 0 Å². The van der Waals surface area contributed by atoms with Crippen LogP contribution in [0.25, 0.3) is 11.1 Å². The first kappa shape index (κ1) is 32.2. The van der Waals surface area contributed by atoms with Gasteiger partial charge in [-0.05, 0) is 72.6 Å². The van der Waals surface area contributed by atoms with Crippen LogP contribution in [0.5, 0.6) is 11.5 Å². The Hall–Kier alpha value is -4.18. The Kier molecular flexibility index (Phi) is 11.6. The van der Waals surface area contributed by atoms with Gasteiger partial charge in [-0.25, -0.2) is 0 Å². The Labute approximate surface area is 269 Å². The summed E-state index contributed by atoms with van der Waals surface area (Å²) < 4.78 is 0. The number of aliphatic imine (C=N–C) groups is 2. The number of hydrogen-bond acceptors (Lipinski definition) is 4. The molecular weight excluding hydrogens is 552 g/mol. The Morgan fingerprint density at radius 3 is 1.53 bits per heavy atom. The number of phenols is 2. The standard InChI is InChI=1S/C41H48N2O2/c1-30(2)38-32-20-12-9-7-5-3-4-6-8-10-13-21-33-25-27-35(41(45)39(33)31-18-14-11-15-19-31)29-43-37-23-17-16-22-36(37)42-28-34(26-24-32)40(38)44/h11,14-19,22-30,44-45H,3-10,12-13,20-21H2,1-2H3. The van der Waals surface area contributed by atoms with Gasteiger partial charge in [-0.1, -0.05) is 120 Å². The highest BCUT2D eigenvalue weighted by molar-refractivity contribution is 5.92. The van der Waals surface area contributed by atoms with Gasteiger partial charge in [0.1, 0.15) is 11.5 Å². The van der Waals surface area contributed by atoms with Gasteiger partial charge in [0.05, 0.1) is 11.4 Å². The molecule has 0 saturated carbocycles. The number of nitrogens with zero attached hydrogens (tertiary/aromatic N) is 2. The molecule has 234 valence electrons. The van der Waals surface area contributed by atoms with Crippen molar-refractivity contribution in [3.63, 3.8) is 0 Å². The highest BCUT2D eigenvalue weighted by Crippen LogP contribution is 2.37. The zero-order chi connectivity index (χ0) is 31.4. The third-order valence-electron chi connectivity index (χ3n) is 8.98. The SMILES string of the molecule is CC(C)c1c2ccc(c1O)C=Nc1ccccc1N=Cc1ccc(c(-c3ccccc3)c1O)CCCCCCCCCCCC2. The van der Waals surface area contributed by atoms with Crippen molar-refractivity contribution in [2.24, 2.45) is 9.98 Å². The molecule has 3 aliphatic rings. The fourth-order valence-corrected chi connectivity index (χ4v) is 6.53. The Balaban J connectivity index is 1.49. The number of aryl methyl sites for hydroxylation is 2. The van der Waals surface area contributed by atoms with Crippen LogP contribution < -0.4 is 0 Å². The van der Waals surface area contributed by atoms with Gasteiger partial charge in [-0.2, -0.15) is 0 Å². The van der Waals surface area contributed by atoms with Gasteiger partial charge in [-0.15, -0.1) is 0 Å². The van der Waals surface area contributed by atoms with Crippen LogP contribution in [0.2, 0.25) is 0 Å². The molecule has 4 aromatic rings. The van der Waals surface area contributed by atoms with E-state index in [1.165, 1.54) is 62.5 Å². The second-order valence-electron chi connectivity index (χ2n) is 12.7. The maximum atomic E-state index is 11.5. The molecule has 0 aliphatic carbocycles. The summed E-state index contributed by atoms with van der Waals surface area (Å²) in [6.07, 6.45) is 17.9. The van der Waals surface area contributed by atoms with E-state index in [-0.39, 0.29) is 11.7 Å². The third-order valence-corrected chi connectivity index (χ3v) is 8.98. The molecule has 4 nitrogen and oxygen atoms in total. The highest BCUT2D eigenvalue weighted by atomic mass is 16.3. The second-order valence-corrected chi connectivity index (χ2v) is 12.7. The predicted molar refractivity (Wildman–Crippen MR) is 190 cm³/mol. The summed E-state index contributed by atoms with van der Waals surface area (Å²) in [4.78, 5) is 9.54. The van der Waals surface area contributed by atoms with Gasteiger partial charge in [0.15, 0.2) is 0 Å². The van der Waals surface area contributed by atoms with Crippen molar-refractivity contribution in [2.75, 3.05) is 0 Å². The number of fused-ring (bicyclic) bond motifs is 2. The number of phenolic OH excluding ortho intramolecular Hbond substituents is 2. The van der Waals surface area contributed by atoms with E-state index in [2.05, 4.69) is 38.1 Å². The average molecular weight is 601 g/mol. The van der Waals surface area contributed by atoms with E-state index >= 15 is 0 Å². The normalized spacial score (nSPS) is 15.4. The largest absolute Gasteiger partial charge is 0.507 e. The van der Waals surface area contributed by atoms with E-state index in [0.29, 0.717) is 28.3 Å². The molecule has 0 unspecified atom stereocenters. The van der Waals surface area contributed by atoms with Crippen molar-refractivity contribution in [3.05, 3.63) is 107 Å². The number of rotatable bonds is 2. The maximum absolute atomic E-state index is 11.5. The topological polar surface area (TPSA) is 65.2 Å². The molecule has 0 saturated heterocycles. The van der Waals surface area contributed by atoms with Gasteiger partial charge in [0.2, 0.25) is 0 Å². The summed E-state index contributed by atoms with van der Waals surface area (Å²) in [6.45, 7) is 4.29. The number of hydrogen-bond donors (Lipinski definition) is 2. The highest BCUT2D eigenvalue weighted by Gasteiger charge is 2.16. The van der Waals surface area contributed by atoms with Crippen LogP contribution in [-0.2, 0) is 12.8 Å². The van der Waals surface area contributed by atoms with Crippen molar-refractivity contribution >= 4 is 23.8 Å². The first-order chi connectivity index (χ1) is 22.0. The lowest BCUT2D eigenvalue weighted by atomic mass is 9.90. The summed E-state index contributed by atoms with van der Waals surface area (Å²) in [6, 6.07) is 26.2. The lowest BCUT2D eigenvalue weighted by Crippen LogP contribution is -2.00. The summed E-state index contributed by atoms with van der Waals surface area (Å²) in [7, 11) is 0. The Bertz CT molecular complexity index is 1600. The molecule has 0 spiro atoms. The zero-order valence-corrected chi connectivity index (χ0v) is 27.0. The molecule has 7 rings (SSSR count). The Morgan fingerprint density at radius 1 is 0.511 bits per heavy atom. The van der Waals surface area contributed by atoms with Crippen LogP contribution in [0.1, 0.15) is 112 Å². The summed E-state index contributed by atoms with van der Waals surface area (Å²) in [5, 5.41) is 22.9. The van der Waals surface area contributed by atoms with Crippen molar-refractivity contribution in [2.45, 2.75) is 96.8 Å². The van der Waals surface area contributed by atoms with E-state index < -0.39 is 0 Å². The first-order valence-corrected chi connectivity index (χ1v) is 16.9. The number of benzene rings is 4. The molecule has 0 aromatic heterocycles. The van der Waals surface area contributed by atoms with Crippen LogP contribution in [0.4, 0.5) is 11.4 Å². The van der Waals surface area contributed by atoms with Crippen molar-refractivity contribution < 1.29 is 10.2 Å². The van der Waals surface area contributed by atoms with E-state index in [1.54, 1.807) is 12.4 Å². The maximum Gasteiger partial charge on any atom is 0.132 e. The Morgan fingerprint density at radius 2 is 0.978 bits per heavy atom. The van der Waals surface area contributed by atoms with Crippen molar-refractivity contribution in [1.82, 2.24) is 0 Å². The minimum atomic E-state index is 0.219. The molecular formula is C41H48N2O2. The molecule has 4 bridgehead atoms. The lowest BCUT2D eigenvalue weighted by molar-refractivity contribution is 0.462. The minimum absolute atomic E-state index is 0.219. The van der Waals surface area contributed by atoms with E-state index in [1.807, 2.05) is 54.6 Å². The molecule has 3 aliphatic heterocycles. The van der Waals surface area contributed by atoms with Crippen LogP contribution in [-0.4, -0.2) is 22.6 Å². The number of aromatic hydroxyl groups is 2. The second kappa shape index (κ2) is 16.2. The van der Waals surface area contributed by atoms with Gasteiger partial charge in [-0.3, -0.25) is 9.98 Å². The molecule has 0 fully saturated rings. The van der Waals surface area contributed by atoms with Crippen LogP contribution in [0.3, 0.4) is 0 Å². The van der Waals surface area contributed by atoms with Gasteiger partial charge in [0, 0.05) is 34.7 Å². The summed E-state index contributed by atoms with van der Waals surface area (Å²) >= 11 is 0. The number of para-hydroxylation sites is 2. The molecule has 4 heteroatoms. The van der Waals surface area contributed by atoms with E-state index in [0.717, 1.165) is 42.4 Å². The molecule has 2 N–H and O–H groups in total. The zero-order valence-electron chi connectivity index (χ0n) is 27.0. The molecule has 0 atom stereocenters. The smallest absolute Gasteiger partial charge is 0.132 e. The molecule has 4 aromatic carbocycles. The fraction of sp³-hybridized carbons (Fsp3) is 0.366. The quantitative estimate of drug-likeness (QED) is 0.240. The van der Waals surface area contributed by atoms with Crippen LogP contribution in [0.15, 0.2) is 88.8 Å². The molecule has 3 heterocycles. The monoisotopic (exact) mass is 600 g/mol. The summed E-state index contributed by atoms with van der Waals surface area (Å²) in [5.74, 6) is 0.806. The van der Waals surface area contributed by atoms with E-state index in [4.69, 9.17) is 9.98 Å². The fourth-order valence-electron chi connectivity index (χ4n) is 6.53. The molecule has 0 radical (unpaired) electrons. The molecule has 45 heavy (non-hydrogen) atoms.